The van der Waals surface area contributed by atoms with Crippen molar-refractivity contribution in [1.82, 2.24) is 15.5 Å². The number of carbonyl (C=O) groups is 1. The maximum atomic E-state index is 11.1. The van der Waals surface area contributed by atoms with E-state index in [1.54, 1.807) is 0 Å². The number of rotatable bonds is 8. The van der Waals surface area contributed by atoms with Gasteiger partial charge in [0.05, 0.1) is 13.1 Å². The van der Waals surface area contributed by atoms with Crippen LogP contribution in [0.15, 0.2) is 29.3 Å². The van der Waals surface area contributed by atoms with Crippen molar-refractivity contribution >= 4 is 41.5 Å². The van der Waals surface area contributed by atoms with Crippen molar-refractivity contribution in [2.45, 2.75) is 45.2 Å². The zero-order chi connectivity index (χ0) is 22.1. The fourth-order valence-corrected chi connectivity index (χ4v) is 4.33. The van der Waals surface area contributed by atoms with E-state index < -0.39 is 0 Å². The number of aliphatic hydroxyl groups excluding tert-OH is 1. The monoisotopic (exact) mass is 558 g/mol. The van der Waals surface area contributed by atoms with Crippen molar-refractivity contribution in [3.63, 3.8) is 0 Å². The molecule has 9 heteroatoms. The summed E-state index contributed by atoms with van der Waals surface area (Å²) in [4.78, 5) is 20.4. The number of benzene rings is 1. The number of carbonyl (C=O) groups excluding carboxylic acids is 1. The number of hydrogen-bond acceptors (Lipinski definition) is 5. The highest BCUT2D eigenvalue weighted by Crippen LogP contribution is 2.23. The number of aliphatic imine (C=N–C) groups is 1. The van der Waals surface area contributed by atoms with Gasteiger partial charge in [0.25, 0.3) is 0 Å². The van der Waals surface area contributed by atoms with Crippen molar-refractivity contribution in [2.75, 3.05) is 50.8 Å². The van der Waals surface area contributed by atoms with Crippen LogP contribution in [-0.2, 0) is 11.3 Å². The van der Waals surface area contributed by atoms with Gasteiger partial charge in [-0.15, -0.1) is 24.0 Å². The molecule has 0 saturated carbocycles. The summed E-state index contributed by atoms with van der Waals surface area (Å²) in [7, 11) is 0. The van der Waals surface area contributed by atoms with E-state index in [1.165, 1.54) is 11.3 Å². The first-order valence-electron chi connectivity index (χ1n) is 11.6. The van der Waals surface area contributed by atoms with Gasteiger partial charge in [-0.2, -0.15) is 0 Å². The second-order valence-corrected chi connectivity index (χ2v) is 8.64. The van der Waals surface area contributed by atoms with E-state index in [0.29, 0.717) is 31.7 Å². The van der Waals surface area contributed by atoms with Crippen molar-refractivity contribution in [3.8, 4) is 0 Å². The van der Waals surface area contributed by atoms with Gasteiger partial charge in [0, 0.05) is 51.1 Å². The van der Waals surface area contributed by atoms with Crippen LogP contribution in [0, 0.1) is 5.92 Å². The molecule has 0 unspecified atom stereocenters. The predicted octanol–water partition coefficient (Wildman–Crippen LogP) is 1.52. The van der Waals surface area contributed by atoms with Crippen LogP contribution < -0.4 is 21.3 Å². The Morgan fingerprint density at radius 3 is 2.34 bits per heavy atom. The molecule has 8 nitrogen and oxygen atoms in total. The average Bonchev–Trinajstić information content (AvgIpc) is 2.79. The van der Waals surface area contributed by atoms with Gasteiger partial charge in [-0.3, -0.25) is 9.69 Å². The van der Waals surface area contributed by atoms with Crippen LogP contribution in [0.5, 0.6) is 0 Å². The second kappa shape index (κ2) is 13.8. The van der Waals surface area contributed by atoms with Gasteiger partial charge in [0.15, 0.2) is 5.96 Å². The van der Waals surface area contributed by atoms with Gasteiger partial charge < -0.3 is 26.4 Å². The van der Waals surface area contributed by atoms with Gasteiger partial charge in [0.2, 0.25) is 5.91 Å². The van der Waals surface area contributed by atoms with Crippen LogP contribution in [0.3, 0.4) is 0 Å². The number of primary amides is 1. The molecule has 0 aromatic heterocycles. The topological polar surface area (TPSA) is 106 Å². The van der Waals surface area contributed by atoms with E-state index >= 15 is 0 Å². The molecular weight excluding hydrogens is 519 g/mol. The maximum absolute atomic E-state index is 11.1. The number of nitrogens with one attached hydrogen (secondary N) is 2. The lowest BCUT2D eigenvalue weighted by Crippen LogP contribution is -2.49. The smallest absolute Gasteiger partial charge is 0.231 e. The predicted molar refractivity (Wildman–Crippen MR) is 140 cm³/mol. The first-order chi connectivity index (χ1) is 15.1. The molecule has 0 spiro atoms. The molecule has 180 valence electrons. The lowest BCUT2D eigenvalue weighted by Gasteiger charge is -2.33. The second-order valence-electron chi connectivity index (χ2n) is 8.64. The molecule has 3 rings (SSSR count). The van der Waals surface area contributed by atoms with E-state index in [4.69, 9.17) is 10.7 Å². The van der Waals surface area contributed by atoms with E-state index in [9.17, 15) is 9.90 Å². The lowest BCUT2D eigenvalue weighted by molar-refractivity contribution is -0.119. The number of aliphatic hydroxyl groups is 1. The number of piperidine rings is 2. The summed E-state index contributed by atoms with van der Waals surface area (Å²) in [6, 6.07) is 9.02. The Balaban J connectivity index is 0.00000363. The maximum Gasteiger partial charge on any atom is 0.231 e. The molecule has 2 saturated heterocycles. The van der Waals surface area contributed by atoms with Crippen LogP contribution in [-0.4, -0.2) is 73.8 Å². The molecule has 5 N–H and O–H groups in total. The minimum Gasteiger partial charge on any atom is -0.396 e. The van der Waals surface area contributed by atoms with E-state index in [2.05, 4.69) is 51.6 Å². The molecule has 0 atom stereocenters. The third kappa shape index (κ3) is 8.40. The lowest BCUT2D eigenvalue weighted by atomic mass is 9.97. The molecule has 32 heavy (non-hydrogen) atoms. The Bertz CT molecular complexity index is 714. The van der Waals surface area contributed by atoms with Gasteiger partial charge in [-0.05, 0) is 56.2 Å². The highest BCUT2D eigenvalue weighted by molar-refractivity contribution is 14.0. The molecule has 2 heterocycles. The minimum absolute atomic E-state index is 0. The summed E-state index contributed by atoms with van der Waals surface area (Å²) in [6.07, 6.45) is 4.06. The fourth-order valence-electron chi connectivity index (χ4n) is 4.33. The summed E-state index contributed by atoms with van der Waals surface area (Å²) in [5.74, 6) is 1.03. The van der Waals surface area contributed by atoms with Crippen LogP contribution in [0.4, 0.5) is 5.69 Å². The molecule has 2 fully saturated rings. The SMILES string of the molecule is CCNC(=NCc1ccc(N2CCC(CO)CC2)cc1)NC1CCN(CC(N)=O)CC1.I. The fraction of sp³-hybridized carbons (Fsp3) is 0.652. The normalized spacial score (nSPS) is 18.8. The third-order valence-corrected chi connectivity index (χ3v) is 6.25. The zero-order valence-electron chi connectivity index (χ0n) is 19.1. The summed E-state index contributed by atoms with van der Waals surface area (Å²) in [5, 5.41) is 16.2. The van der Waals surface area contributed by atoms with Gasteiger partial charge >= 0.3 is 0 Å². The first-order valence-corrected chi connectivity index (χ1v) is 11.6. The number of hydrogen-bond donors (Lipinski definition) is 4. The highest BCUT2D eigenvalue weighted by atomic mass is 127. The van der Waals surface area contributed by atoms with Gasteiger partial charge in [-0.25, -0.2) is 4.99 Å². The summed E-state index contributed by atoms with van der Waals surface area (Å²) in [5.41, 5.74) is 7.73. The molecule has 1 amide bonds. The van der Waals surface area contributed by atoms with Crippen molar-refractivity contribution in [2.24, 2.45) is 16.6 Å². The molecule has 1 aromatic rings. The number of nitrogens with zero attached hydrogens (tertiary/aromatic N) is 3. The Hall–Kier alpha value is -1.59. The quantitative estimate of drug-likeness (QED) is 0.219. The highest BCUT2D eigenvalue weighted by Gasteiger charge is 2.21. The third-order valence-electron chi connectivity index (χ3n) is 6.25. The van der Waals surface area contributed by atoms with Gasteiger partial charge in [0.1, 0.15) is 0 Å². The first kappa shape index (κ1) is 26.7. The Morgan fingerprint density at radius 2 is 1.78 bits per heavy atom. The number of nitrogens with two attached hydrogens (primary N) is 1. The molecule has 0 aliphatic carbocycles. The zero-order valence-corrected chi connectivity index (χ0v) is 21.5. The largest absolute Gasteiger partial charge is 0.396 e. The molecule has 0 bridgehead atoms. The van der Waals surface area contributed by atoms with Crippen molar-refractivity contribution in [1.29, 1.82) is 0 Å². The molecular formula is C23H39IN6O2. The number of amides is 1. The molecule has 2 aliphatic rings. The molecule has 0 radical (unpaired) electrons. The van der Waals surface area contributed by atoms with E-state index in [0.717, 1.165) is 64.4 Å². The Morgan fingerprint density at radius 1 is 1.12 bits per heavy atom. The number of halogens is 1. The summed E-state index contributed by atoms with van der Waals surface area (Å²) < 4.78 is 0. The average molecular weight is 559 g/mol. The number of guanidine groups is 1. The standard InChI is InChI=1S/C23H38N6O2.HI/c1-2-25-23(27-20-9-11-28(12-10-20)16-22(24)31)26-15-18-3-5-21(6-4-18)29-13-7-19(17-30)8-14-29;/h3-6,19-20,30H,2,7-17H2,1H3,(H2,24,31)(H2,25,26,27);1H. The van der Waals surface area contributed by atoms with Crippen LogP contribution in [0.2, 0.25) is 0 Å². The molecule has 2 aliphatic heterocycles. The van der Waals surface area contributed by atoms with Gasteiger partial charge in [-0.1, -0.05) is 12.1 Å². The van der Waals surface area contributed by atoms with Crippen LogP contribution in [0.1, 0.15) is 38.2 Å². The summed E-state index contributed by atoms with van der Waals surface area (Å²) >= 11 is 0. The van der Waals surface area contributed by atoms with E-state index in [1.807, 2.05) is 0 Å². The number of likely N-dealkylation sites (tertiary alicyclic amines) is 1. The van der Waals surface area contributed by atoms with E-state index in [-0.39, 0.29) is 29.9 Å². The number of anilines is 1. The Labute approximate surface area is 209 Å². The van der Waals surface area contributed by atoms with Crippen molar-refractivity contribution in [3.05, 3.63) is 29.8 Å². The Kier molecular flexibility index (Phi) is 11.5. The van der Waals surface area contributed by atoms with Crippen LogP contribution in [0.25, 0.3) is 0 Å². The minimum atomic E-state index is -0.262. The summed E-state index contributed by atoms with van der Waals surface area (Å²) in [6.45, 7) is 7.92. The molecule has 1 aromatic carbocycles. The van der Waals surface area contributed by atoms with Crippen LogP contribution >= 0.6 is 24.0 Å². The van der Waals surface area contributed by atoms with Crippen molar-refractivity contribution < 1.29 is 9.90 Å².